The van der Waals surface area contributed by atoms with Gasteiger partial charge in [0.25, 0.3) is 0 Å². The van der Waals surface area contributed by atoms with E-state index >= 15 is 0 Å². The lowest BCUT2D eigenvalue weighted by atomic mass is 10.0. The molecule has 0 aromatic heterocycles. The Balaban J connectivity index is 1.59. The van der Waals surface area contributed by atoms with Crippen molar-refractivity contribution < 1.29 is 33.8 Å². The first-order valence-corrected chi connectivity index (χ1v) is 15.6. The normalized spacial score (nSPS) is 24.0. The lowest BCUT2D eigenvalue weighted by molar-refractivity contribution is -0.135. The monoisotopic (exact) mass is 636 g/mol. The van der Waals surface area contributed by atoms with Crippen LogP contribution < -0.4 is 31.3 Å². The van der Waals surface area contributed by atoms with Crippen LogP contribution in [-0.4, -0.2) is 96.6 Å². The van der Waals surface area contributed by atoms with Gasteiger partial charge in [0.1, 0.15) is 29.9 Å². The molecule has 2 aliphatic heterocycles. The zero-order valence-corrected chi connectivity index (χ0v) is 26.5. The van der Waals surface area contributed by atoms with Crippen LogP contribution in [0.15, 0.2) is 48.5 Å². The minimum absolute atomic E-state index is 0.0572. The van der Waals surface area contributed by atoms with Crippen LogP contribution in [0.2, 0.25) is 0 Å². The highest BCUT2D eigenvalue weighted by molar-refractivity contribution is 5.95. The van der Waals surface area contributed by atoms with Gasteiger partial charge in [0.05, 0.1) is 19.8 Å². The number of nitrogens with one attached hydrogen (secondary N) is 5. The number of aliphatic hydroxyl groups is 1. The van der Waals surface area contributed by atoms with Crippen molar-refractivity contribution >= 4 is 29.5 Å². The molecule has 5 amide bonds. The predicted octanol–water partition coefficient (Wildman–Crippen LogP) is -0.597. The third-order valence-electron chi connectivity index (χ3n) is 8.00. The van der Waals surface area contributed by atoms with Crippen molar-refractivity contribution in [2.24, 2.45) is 5.92 Å². The van der Waals surface area contributed by atoms with Gasteiger partial charge >= 0.3 is 0 Å². The maximum atomic E-state index is 13.4. The Kier molecular flexibility index (Phi) is 12.1. The van der Waals surface area contributed by atoms with Gasteiger partial charge in [0.2, 0.25) is 29.5 Å². The van der Waals surface area contributed by atoms with E-state index in [4.69, 9.17) is 4.74 Å². The summed E-state index contributed by atoms with van der Waals surface area (Å²) in [7, 11) is 0. The van der Waals surface area contributed by atoms with Crippen molar-refractivity contribution in [1.82, 2.24) is 31.5 Å². The molecule has 1 fully saturated rings. The maximum Gasteiger partial charge on any atom is 0.245 e. The standard InChI is InChI=1S/C33H44N6O7/c1-20(2)29-33(45)35-21(3)30(42)37-26(19-40)32(44)36-25(16-22-7-5-4-6-8-22)31(43)34-12-13-39(18-28(41)38-29)17-23-9-10-27-24(15-23)11-14-46-27/h4-10,15,20-21,25-26,29,40H,11-14,16-19H2,1-3H3,(H,34,43)(H,35,45)(H,36,44)(H,37,42)(H,38,41)/t21-,25+,26-,29+/m0/s1. The summed E-state index contributed by atoms with van der Waals surface area (Å²) in [5, 5.41) is 23.3. The molecule has 0 radical (unpaired) electrons. The van der Waals surface area contributed by atoms with Gasteiger partial charge in [-0.25, -0.2) is 0 Å². The first kappa shape index (κ1) is 34.4. The molecular formula is C33H44N6O7. The summed E-state index contributed by atoms with van der Waals surface area (Å²) < 4.78 is 5.62. The first-order valence-electron chi connectivity index (χ1n) is 15.6. The summed E-state index contributed by atoms with van der Waals surface area (Å²) in [6.07, 6.45) is 0.962. The van der Waals surface area contributed by atoms with E-state index in [0.717, 1.165) is 28.9 Å². The largest absolute Gasteiger partial charge is 0.493 e. The molecule has 13 heteroatoms. The number of fused-ring (bicyclic) bond motifs is 1. The number of benzene rings is 2. The van der Waals surface area contributed by atoms with E-state index < -0.39 is 60.3 Å². The molecule has 0 aliphatic carbocycles. The van der Waals surface area contributed by atoms with Crippen molar-refractivity contribution in [3.05, 3.63) is 65.2 Å². The zero-order valence-electron chi connectivity index (χ0n) is 26.5. The second-order valence-corrected chi connectivity index (χ2v) is 12.1. The Bertz CT molecular complexity index is 1400. The summed E-state index contributed by atoms with van der Waals surface area (Å²) in [5.74, 6) is -2.33. The smallest absolute Gasteiger partial charge is 0.245 e. The Hall–Kier alpha value is -4.49. The van der Waals surface area contributed by atoms with E-state index in [1.54, 1.807) is 13.8 Å². The molecule has 2 heterocycles. The maximum absolute atomic E-state index is 13.4. The third-order valence-corrected chi connectivity index (χ3v) is 8.00. The number of ether oxygens (including phenoxy) is 1. The van der Waals surface area contributed by atoms with E-state index in [2.05, 4.69) is 26.6 Å². The second-order valence-electron chi connectivity index (χ2n) is 12.1. The van der Waals surface area contributed by atoms with Gasteiger partial charge < -0.3 is 36.4 Å². The van der Waals surface area contributed by atoms with Gasteiger partial charge in [-0.05, 0) is 35.6 Å². The Morgan fingerprint density at radius 1 is 0.870 bits per heavy atom. The molecule has 0 unspecified atom stereocenters. The number of hydrogen-bond acceptors (Lipinski definition) is 8. The Labute approximate surface area is 268 Å². The van der Waals surface area contributed by atoms with Crippen molar-refractivity contribution in [3.8, 4) is 5.75 Å². The van der Waals surface area contributed by atoms with Crippen LogP contribution >= 0.6 is 0 Å². The Morgan fingerprint density at radius 2 is 1.61 bits per heavy atom. The number of carbonyl (C=O) groups excluding carboxylic acids is 5. The topological polar surface area (TPSA) is 178 Å². The number of aliphatic hydroxyl groups excluding tert-OH is 1. The minimum atomic E-state index is -1.37. The van der Waals surface area contributed by atoms with Crippen LogP contribution in [-0.2, 0) is 43.4 Å². The molecule has 0 bridgehead atoms. The van der Waals surface area contributed by atoms with Gasteiger partial charge in [0, 0.05) is 32.5 Å². The molecule has 2 aromatic rings. The minimum Gasteiger partial charge on any atom is -0.493 e. The fraction of sp³-hybridized carbons (Fsp3) is 0.485. The summed E-state index contributed by atoms with van der Waals surface area (Å²) in [6.45, 7) is 5.68. The Morgan fingerprint density at radius 3 is 2.33 bits per heavy atom. The fourth-order valence-electron chi connectivity index (χ4n) is 5.42. The molecule has 0 spiro atoms. The van der Waals surface area contributed by atoms with Crippen molar-refractivity contribution in [2.75, 3.05) is 32.8 Å². The molecule has 2 aliphatic rings. The highest BCUT2D eigenvalue weighted by atomic mass is 16.5. The van der Waals surface area contributed by atoms with Crippen molar-refractivity contribution in [2.45, 2.75) is 64.3 Å². The summed E-state index contributed by atoms with van der Waals surface area (Å²) >= 11 is 0. The van der Waals surface area contributed by atoms with Gasteiger partial charge in [-0.1, -0.05) is 56.3 Å². The second kappa shape index (κ2) is 16.2. The quantitative estimate of drug-likeness (QED) is 0.244. The molecular weight excluding hydrogens is 592 g/mol. The predicted molar refractivity (Wildman–Crippen MR) is 169 cm³/mol. The molecule has 4 rings (SSSR count). The molecule has 0 saturated carbocycles. The molecule has 46 heavy (non-hydrogen) atoms. The van der Waals surface area contributed by atoms with Gasteiger partial charge in [-0.15, -0.1) is 0 Å². The molecule has 1 saturated heterocycles. The summed E-state index contributed by atoms with van der Waals surface area (Å²) in [5.41, 5.74) is 2.85. The SMILES string of the molecule is CC(C)[C@H]1NC(=O)CN(Cc2ccc3c(c2)CCO3)CCNC(=O)[C@@H](Cc2ccccc2)NC(=O)[C@H](CO)NC(=O)[C@H](C)NC1=O. The lowest BCUT2D eigenvalue weighted by Gasteiger charge is -2.28. The van der Waals surface area contributed by atoms with Crippen LogP contribution in [0.4, 0.5) is 0 Å². The summed E-state index contributed by atoms with van der Waals surface area (Å²) in [4.78, 5) is 68.0. The average molecular weight is 637 g/mol. The van der Waals surface area contributed by atoms with Crippen LogP contribution in [0.3, 0.4) is 0 Å². The van der Waals surface area contributed by atoms with Crippen LogP contribution in [0.1, 0.15) is 37.5 Å². The number of carbonyl (C=O) groups is 5. The van der Waals surface area contributed by atoms with Crippen LogP contribution in [0.5, 0.6) is 5.75 Å². The lowest BCUT2D eigenvalue weighted by Crippen LogP contribution is -2.60. The van der Waals surface area contributed by atoms with Crippen LogP contribution in [0.25, 0.3) is 0 Å². The van der Waals surface area contributed by atoms with Crippen molar-refractivity contribution in [3.63, 3.8) is 0 Å². The fourth-order valence-corrected chi connectivity index (χ4v) is 5.42. The molecule has 13 nitrogen and oxygen atoms in total. The third kappa shape index (κ3) is 9.51. The molecule has 2 aromatic carbocycles. The highest BCUT2D eigenvalue weighted by Gasteiger charge is 2.31. The first-order chi connectivity index (χ1) is 22.0. The highest BCUT2D eigenvalue weighted by Crippen LogP contribution is 2.26. The molecule has 248 valence electrons. The van der Waals surface area contributed by atoms with E-state index in [9.17, 15) is 29.1 Å². The van der Waals surface area contributed by atoms with E-state index in [1.165, 1.54) is 6.92 Å². The number of amides is 5. The zero-order chi connectivity index (χ0) is 33.2. The van der Waals surface area contributed by atoms with Crippen LogP contribution in [0, 0.1) is 5.92 Å². The number of nitrogens with zero attached hydrogens (tertiary/aromatic N) is 1. The van der Waals surface area contributed by atoms with Crippen molar-refractivity contribution in [1.29, 1.82) is 0 Å². The van der Waals surface area contributed by atoms with Gasteiger partial charge in [0.15, 0.2) is 0 Å². The van der Waals surface area contributed by atoms with E-state index in [1.807, 2.05) is 53.4 Å². The van der Waals surface area contributed by atoms with Gasteiger partial charge in [-0.3, -0.25) is 28.9 Å². The number of hydrogen-bond donors (Lipinski definition) is 6. The van der Waals surface area contributed by atoms with Gasteiger partial charge in [-0.2, -0.15) is 0 Å². The molecule has 6 N–H and O–H groups in total. The van der Waals surface area contributed by atoms with E-state index in [-0.39, 0.29) is 25.4 Å². The average Bonchev–Trinajstić information content (AvgIpc) is 3.49. The van der Waals surface area contributed by atoms with E-state index in [0.29, 0.717) is 19.7 Å². The number of rotatable bonds is 6. The molecule has 4 atom stereocenters. The summed E-state index contributed by atoms with van der Waals surface area (Å²) in [6, 6.07) is 10.6.